The maximum absolute atomic E-state index is 13.4. The lowest BCUT2D eigenvalue weighted by Gasteiger charge is -2.33. The molecule has 2 aromatic rings. The van der Waals surface area contributed by atoms with Gasteiger partial charge in [-0.05, 0) is 44.0 Å². The number of nitrogens with zero attached hydrogens (tertiary/aromatic N) is 3. The number of nitrogens with one attached hydrogen (secondary N) is 2. The van der Waals surface area contributed by atoms with Gasteiger partial charge in [-0.2, -0.15) is 0 Å². The van der Waals surface area contributed by atoms with Gasteiger partial charge in [0.05, 0.1) is 36.1 Å². The second-order valence-electron chi connectivity index (χ2n) is 8.42. The predicted molar refractivity (Wildman–Crippen MR) is 124 cm³/mol. The molecule has 8 nitrogen and oxygen atoms in total. The molecule has 0 radical (unpaired) electrons. The largest absolute Gasteiger partial charge is 0.350 e. The Morgan fingerprint density at radius 3 is 2.73 bits per heavy atom. The summed E-state index contributed by atoms with van der Waals surface area (Å²) >= 11 is 0. The second-order valence-corrected chi connectivity index (χ2v) is 8.42. The molecule has 8 heteroatoms. The molecule has 0 spiro atoms. The number of rotatable bonds is 7. The molecule has 172 valence electrons. The third-order valence-corrected chi connectivity index (χ3v) is 6.15. The highest BCUT2D eigenvalue weighted by atomic mass is 16.2. The van der Waals surface area contributed by atoms with E-state index >= 15 is 0 Å². The molecule has 1 aromatic carbocycles. The summed E-state index contributed by atoms with van der Waals surface area (Å²) in [5.41, 5.74) is 5.17. The molecule has 1 atom stereocenters. The fourth-order valence-corrected chi connectivity index (χ4v) is 4.46. The van der Waals surface area contributed by atoms with Crippen molar-refractivity contribution in [3.05, 3.63) is 76.2 Å². The lowest BCUT2D eigenvalue weighted by molar-refractivity contribution is -0.127. The average Bonchev–Trinajstić information content (AvgIpc) is 3.12. The summed E-state index contributed by atoms with van der Waals surface area (Å²) < 4.78 is 0. The first-order valence-corrected chi connectivity index (χ1v) is 11.2. The van der Waals surface area contributed by atoms with Crippen LogP contribution >= 0.6 is 0 Å². The Labute approximate surface area is 193 Å². The molecule has 4 rings (SSSR count). The smallest absolute Gasteiger partial charge is 0.322 e. The van der Waals surface area contributed by atoms with E-state index in [1.807, 2.05) is 51.1 Å². The van der Waals surface area contributed by atoms with Gasteiger partial charge in [0.1, 0.15) is 0 Å². The predicted octanol–water partition coefficient (Wildman–Crippen LogP) is 2.59. The number of aryl methyl sites for hydroxylation is 2. The molecule has 2 N–H and O–H groups in total. The molecule has 0 unspecified atom stereocenters. The maximum Gasteiger partial charge on any atom is 0.322 e. The van der Waals surface area contributed by atoms with Crippen molar-refractivity contribution in [2.45, 2.75) is 39.8 Å². The average molecular weight is 448 g/mol. The minimum absolute atomic E-state index is 0.133. The van der Waals surface area contributed by atoms with E-state index in [-0.39, 0.29) is 30.8 Å². The molecule has 2 aliphatic rings. The van der Waals surface area contributed by atoms with Gasteiger partial charge in [-0.1, -0.05) is 29.8 Å². The van der Waals surface area contributed by atoms with Crippen LogP contribution in [0.1, 0.15) is 41.8 Å². The van der Waals surface area contributed by atoms with Gasteiger partial charge in [-0.3, -0.25) is 19.5 Å². The summed E-state index contributed by atoms with van der Waals surface area (Å²) in [6.07, 6.45) is 1.86. The Balaban J connectivity index is 1.48. The normalized spacial score (nSPS) is 17.8. The molecular weight excluding hydrogens is 418 g/mol. The molecule has 3 heterocycles. The topological polar surface area (TPSA) is 94.6 Å². The number of amides is 4. The Hall–Kier alpha value is -3.68. The summed E-state index contributed by atoms with van der Waals surface area (Å²) in [7, 11) is 0. The van der Waals surface area contributed by atoms with E-state index in [9.17, 15) is 14.4 Å². The van der Waals surface area contributed by atoms with Crippen LogP contribution in [-0.4, -0.2) is 52.3 Å². The molecular formula is C25H29N5O3. The number of carbonyl (C=O) groups excluding carboxylic acids is 3. The number of carbonyl (C=O) groups is 3. The lowest BCUT2D eigenvalue weighted by atomic mass is 9.91. The Morgan fingerprint density at radius 2 is 2.03 bits per heavy atom. The van der Waals surface area contributed by atoms with Crippen molar-refractivity contribution in [1.29, 1.82) is 0 Å². The zero-order valence-electron chi connectivity index (χ0n) is 19.2. The van der Waals surface area contributed by atoms with Crippen LogP contribution in [0, 0.1) is 13.8 Å². The Morgan fingerprint density at radius 1 is 1.21 bits per heavy atom. The first-order chi connectivity index (χ1) is 15.9. The number of pyridine rings is 1. The third kappa shape index (κ3) is 4.60. The SMILES string of the molecule is CCN1C(=O)N[C@@H](c2ccc(C)cc2C)C2=C1CN(CCC(=O)NCc1ccccn1)C2=O. The van der Waals surface area contributed by atoms with Gasteiger partial charge in [0.2, 0.25) is 5.91 Å². The van der Waals surface area contributed by atoms with Crippen LogP contribution < -0.4 is 10.6 Å². The van der Waals surface area contributed by atoms with Gasteiger partial charge in [0.15, 0.2) is 0 Å². The highest BCUT2D eigenvalue weighted by molar-refractivity contribution is 6.01. The van der Waals surface area contributed by atoms with Gasteiger partial charge in [-0.25, -0.2) is 4.79 Å². The minimum Gasteiger partial charge on any atom is -0.350 e. The van der Waals surface area contributed by atoms with Crippen molar-refractivity contribution >= 4 is 17.8 Å². The molecule has 4 amide bonds. The number of benzene rings is 1. The first-order valence-electron chi connectivity index (χ1n) is 11.2. The number of aromatic nitrogens is 1. The fraction of sp³-hybridized carbons (Fsp3) is 0.360. The van der Waals surface area contributed by atoms with Crippen molar-refractivity contribution in [3.8, 4) is 0 Å². The molecule has 33 heavy (non-hydrogen) atoms. The maximum atomic E-state index is 13.4. The van der Waals surface area contributed by atoms with Crippen molar-refractivity contribution in [2.75, 3.05) is 19.6 Å². The molecule has 1 aromatic heterocycles. The monoisotopic (exact) mass is 447 g/mol. The lowest BCUT2D eigenvalue weighted by Crippen LogP contribution is -2.47. The van der Waals surface area contributed by atoms with E-state index in [0.717, 1.165) is 28.1 Å². The number of hydrogen-bond donors (Lipinski definition) is 2. The fourth-order valence-electron chi connectivity index (χ4n) is 4.46. The summed E-state index contributed by atoms with van der Waals surface area (Å²) in [4.78, 5) is 46.1. The van der Waals surface area contributed by atoms with Gasteiger partial charge in [0.25, 0.3) is 5.91 Å². The Bertz CT molecular complexity index is 1110. The van der Waals surface area contributed by atoms with E-state index in [2.05, 4.69) is 21.7 Å². The third-order valence-electron chi connectivity index (χ3n) is 6.15. The van der Waals surface area contributed by atoms with Crippen LogP contribution in [0.15, 0.2) is 53.9 Å². The van der Waals surface area contributed by atoms with E-state index in [1.54, 1.807) is 16.0 Å². The van der Waals surface area contributed by atoms with Gasteiger partial charge >= 0.3 is 6.03 Å². The minimum atomic E-state index is -0.494. The molecule has 2 aliphatic heterocycles. The van der Waals surface area contributed by atoms with Crippen molar-refractivity contribution in [2.24, 2.45) is 0 Å². The highest BCUT2D eigenvalue weighted by Crippen LogP contribution is 2.37. The number of likely N-dealkylation sites (N-methyl/N-ethyl adjacent to an activating group) is 1. The van der Waals surface area contributed by atoms with E-state index < -0.39 is 6.04 Å². The Kier molecular flexibility index (Phi) is 6.44. The standard InChI is InChI=1S/C25H29N5O3/c1-4-30-20-15-29(12-10-21(31)27-14-18-7-5-6-11-26-18)24(32)22(20)23(28-25(30)33)19-9-8-16(2)13-17(19)3/h5-9,11,13,23H,4,10,12,14-15H2,1-3H3,(H,27,31)(H,28,33)/t23-/m0/s1. The van der Waals surface area contributed by atoms with Crippen LogP contribution in [0.25, 0.3) is 0 Å². The van der Waals surface area contributed by atoms with E-state index in [0.29, 0.717) is 25.2 Å². The number of hydrogen-bond acceptors (Lipinski definition) is 4. The summed E-state index contributed by atoms with van der Waals surface area (Å²) in [5.74, 6) is -0.281. The van der Waals surface area contributed by atoms with E-state index in [1.165, 1.54) is 0 Å². The zero-order chi connectivity index (χ0) is 23.5. The van der Waals surface area contributed by atoms with Crippen LogP contribution in [0.5, 0.6) is 0 Å². The van der Waals surface area contributed by atoms with Gasteiger partial charge in [-0.15, -0.1) is 0 Å². The van der Waals surface area contributed by atoms with Gasteiger partial charge in [0, 0.05) is 25.7 Å². The van der Waals surface area contributed by atoms with Crippen LogP contribution in [0.3, 0.4) is 0 Å². The molecule has 0 saturated heterocycles. The summed E-state index contributed by atoms with van der Waals surface area (Å²) in [6, 6.07) is 10.9. The second kappa shape index (κ2) is 9.44. The van der Waals surface area contributed by atoms with E-state index in [4.69, 9.17) is 0 Å². The molecule has 0 fully saturated rings. The quantitative estimate of drug-likeness (QED) is 0.682. The van der Waals surface area contributed by atoms with Crippen molar-refractivity contribution < 1.29 is 14.4 Å². The molecule has 0 bridgehead atoms. The van der Waals surface area contributed by atoms with Gasteiger partial charge < -0.3 is 15.5 Å². The van der Waals surface area contributed by atoms with Crippen molar-refractivity contribution in [3.63, 3.8) is 0 Å². The zero-order valence-corrected chi connectivity index (χ0v) is 19.2. The summed E-state index contributed by atoms with van der Waals surface area (Å²) in [6.45, 7) is 7.32. The summed E-state index contributed by atoms with van der Waals surface area (Å²) in [5, 5.41) is 5.86. The molecule has 0 saturated carbocycles. The van der Waals surface area contributed by atoms with Crippen molar-refractivity contribution in [1.82, 2.24) is 25.4 Å². The highest BCUT2D eigenvalue weighted by Gasteiger charge is 2.43. The molecule has 0 aliphatic carbocycles. The first kappa shape index (κ1) is 22.5. The van der Waals surface area contributed by atoms with Crippen LogP contribution in [-0.2, 0) is 16.1 Å². The van der Waals surface area contributed by atoms with Crippen LogP contribution in [0.4, 0.5) is 4.79 Å². The number of urea groups is 1. The van der Waals surface area contributed by atoms with Crippen LogP contribution in [0.2, 0.25) is 0 Å².